The zero-order valence-electron chi connectivity index (χ0n) is 11.4. The molecule has 1 saturated carbocycles. The number of rotatable bonds is 2. The van der Waals surface area contributed by atoms with Gasteiger partial charge in [-0.15, -0.1) is 0 Å². The molecule has 1 aromatic heterocycles. The van der Waals surface area contributed by atoms with E-state index < -0.39 is 11.8 Å². The van der Waals surface area contributed by atoms with Gasteiger partial charge in [-0.05, 0) is 31.7 Å². The Morgan fingerprint density at radius 2 is 1.76 bits per heavy atom. The minimum Gasteiger partial charge on any atom is -0.447 e. The van der Waals surface area contributed by atoms with Crippen molar-refractivity contribution in [1.29, 1.82) is 0 Å². The fourth-order valence-electron chi connectivity index (χ4n) is 2.75. The lowest BCUT2D eigenvalue weighted by molar-refractivity contribution is -0.259. The Morgan fingerprint density at radius 3 is 2.48 bits per heavy atom. The van der Waals surface area contributed by atoms with Crippen LogP contribution in [0.15, 0.2) is 30.5 Å². The maximum Gasteiger partial charge on any atom is 0.428 e. The van der Waals surface area contributed by atoms with Crippen molar-refractivity contribution in [1.82, 2.24) is 9.97 Å². The van der Waals surface area contributed by atoms with Crippen LogP contribution in [0.5, 0.6) is 6.01 Å². The number of aromatic nitrogens is 2. The van der Waals surface area contributed by atoms with Crippen molar-refractivity contribution in [3.8, 4) is 6.01 Å². The summed E-state index contributed by atoms with van der Waals surface area (Å²) in [6.45, 7) is 0. The van der Waals surface area contributed by atoms with Crippen molar-refractivity contribution in [2.75, 3.05) is 0 Å². The molecule has 0 radical (unpaired) electrons. The molecule has 0 aliphatic heterocycles. The molecule has 1 heterocycles. The van der Waals surface area contributed by atoms with Crippen LogP contribution in [0.1, 0.15) is 32.1 Å². The van der Waals surface area contributed by atoms with Crippen LogP contribution in [0, 0.1) is 0 Å². The number of para-hydroxylation sites is 1. The molecule has 3 rings (SSSR count). The highest BCUT2D eigenvalue weighted by atomic mass is 19.4. The second kappa shape index (κ2) is 5.16. The maximum atomic E-state index is 13.4. The number of nitrogens with zero attached hydrogens (tertiary/aromatic N) is 2. The first-order chi connectivity index (χ1) is 10.0. The van der Waals surface area contributed by atoms with Gasteiger partial charge in [-0.2, -0.15) is 18.2 Å². The van der Waals surface area contributed by atoms with Gasteiger partial charge in [0.1, 0.15) is 0 Å². The van der Waals surface area contributed by atoms with Crippen LogP contribution in [-0.2, 0) is 0 Å². The van der Waals surface area contributed by atoms with Crippen molar-refractivity contribution < 1.29 is 17.9 Å². The summed E-state index contributed by atoms with van der Waals surface area (Å²) in [6, 6.07) is 6.93. The topological polar surface area (TPSA) is 35.0 Å². The minimum atomic E-state index is -4.41. The molecule has 3 nitrogen and oxygen atoms in total. The van der Waals surface area contributed by atoms with Gasteiger partial charge in [0.05, 0.1) is 5.52 Å². The van der Waals surface area contributed by atoms with Crippen molar-refractivity contribution in [2.45, 2.75) is 43.9 Å². The summed E-state index contributed by atoms with van der Waals surface area (Å²) in [4.78, 5) is 8.02. The third kappa shape index (κ3) is 2.66. The Hall–Kier alpha value is -1.85. The van der Waals surface area contributed by atoms with Crippen LogP contribution in [0.2, 0.25) is 0 Å². The summed E-state index contributed by atoms with van der Waals surface area (Å²) in [7, 11) is 0. The molecule has 0 unspecified atom stereocenters. The molecule has 0 spiro atoms. The summed E-state index contributed by atoms with van der Waals surface area (Å²) in [6.07, 6.45) is -1.17. The van der Waals surface area contributed by atoms with E-state index in [0.29, 0.717) is 18.4 Å². The van der Waals surface area contributed by atoms with Gasteiger partial charge < -0.3 is 4.74 Å². The van der Waals surface area contributed by atoms with Gasteiger partial charge in [-0.1, -0.05) is 24.6 Å². The molecule has 112 valence electrons. The van der Waals surface area contributed by atoms with E-state index in [-0.39, 0.29) is 18.9 Å². The standard InChI is InChI=1S/C15H15F3N2O/c16-15(17,18)14(8-4-1-5-9-14)21-13-19-10-11-6-2-3-7-12(11)20-13/h2-3,6-7,10H,1,4-5,8-9H2. The lowest BCUT2D eigenvalue weighted by Crippen LogP contribution is -2.51. The number of ether oxygens (including phenoxy) is 1. The van der Waals surface area contributed by atoms with Crippen LogP contribution < -0.4 is 4.74 Å². The normalized spacial score (nSPS) is 18.6. The molecular weight excluding hydrogens is 281 g/mol. The van der Waals surface area contributed by atoms with E-state index in [2.05, 4.69) is 9.97 Å². The molecule has 1 fully saturated rings. The highest BCUT2D eigenvalue weighted by molar-refractivity contribution is 5.77. The van der Waals surface area contributed by atoms with Gasteiger partial charge in [-0.3, -0.25) is 0 Å². The lowest BCUT2D eigenvalue weighted by atomic mass is 9.84. The first-order valence-corrected chi connectivity index (χ1v) is 6.98. The van der Waals surface area contributed by atoms with Crippen molar-refractivity contribution in [3.63, 3.8) is 0 Å². The zero-order chi connectivity index (χ0) is 14.9. The van der Waals surface area contributed by atoms with Gasteiger partial charge in [0.15, 0.2) is 0 Å². The number of benzene rings is 1. The molecule has 0 amide bonds. The predicted octanol–water partition coefficient (Wildman–Crippen LogP) is 4.27. The fraction of sp³-hybridized carbons (Fsp3) is 0.467. The molecular formula is C15H15F3N2O. The van der Waals surface area contributed by atoms with Crippen LogP contribution in [0.4, 0.5) is 13.2 Å². The average molecular weight is 296 g/mol. The van der Waals surface area contributed by atoms with E-state index >= 15 is 0 Å². The highest BCUT2D eigenvalue weighted by Crippen LogP contribution is 2.44. The van der Waals surface area contributed by atoms with E-state index in [1.807, 2.05) is 6.07 Å². The second-order valence-electron chi connectivity index (χ2n) is 5.37. The van der Waals surface area contributed by atoms with Crippen molar-refractivity contribution in [2.24, 2.45) is 0 Å². The van der Waals surface area contributed by atoms with Crippen molar-refractivity contribution in [3.05, 3.63) is 30.5 Å². The zero-order valence-corrected chi connectivity index (χ0v) is 11.4. The van der Waals surface area contributed by atoms with Gasteiger partial charge in [0.25, 0.3) is 0 Å². The SMILES string of the molecule is FC(F)(F)C1(Oc2ncc3ccccc3n2)CCCCC1. The van der Waals surface area contributed by atoms with Crippen molar-refractivity contribution >= 4 is 10.9 Å². The third-order valence-corrected chi connectivity index (χ3v) is 3.93. The largest absolute Gasteiger partial charge is 0.447 e. The Labute approximate surface area is 120 Å². The molecule has 6 heteroatoms. The van der Waals surface area contributed by atoms with Crippen LogP contribution in [0.25, 0.3) is 10.9 Å². The molecule has 21 heavy (non-hydrogen) atoms. The molecule has 1 aliphatic rings. The fourth-order valence-corrected chi connectivity index (χ4v) is 2.75. The van der Waals surface area contributed by atoms with Crippen LogP contribution in [-0.4, -0.2) is 21.7 Å². The Morgan fingerprint density at radius 1 is 1.05 bits per heavy atom. The number of halogens is 3. The van der Waals surface area contributed by atoms with E-state index in [1.165, 1.54) is 6.20 Å². The molecule has 1 aliphatic carbocycles. The Balaban J connectivity index is 1.94. The Bertz CT molecular complexity index is 636. The number of hydrogen-bond acceptors (Lipinski definition) is 3. The highest BCUT2D eigenvalue weighted by Gasteiger charge is 2.57. The predicted molar refractivity (Wildman–Crippen MR) is 72.0 cm³/mol. The van der Waals surface area contributed by atoms with E-state index in [0.717, 1.165) is 11.8 Å². The number of fused-ring (bicyclic) bond motifs is 1. The van der Waals surface area contributed by atoms with Gasteiger partial charge in [0.2, 0.25) is 5.60 Å². The molecule has 1 aromatic carbocycles. The summed E-state index contributed by atoms with van der Waals surface area (Å²) in [5, 5.41) is 0.773. The van der Waals surface area contributed by atoms with Crippen LogP contribution >= 0.6 is 0 Å². The summed E-state index contributed by atoms with van der Waals surface area (Å²) in [5.41, 5.74) is -1.57. The first kappa shape index (κ1) is 14.1. The number of alkyl halides is 3. The smallest absolute Gasteiger partial charge is 0.428 e. The summed E-state index contributed by atoms with van der Waals surface area (Å²) >= 11 is 0. The van der Waals surface area contributed by atoms with Gasteiger partial charge in [0, 0.05) is 11.6 Å². The third-order valence-electron chi connectivity index (χ3n) is 3.93. The van der Waals surface area contributed by atoms with E-state index in [4.69, 9.17) is 4.74 Å². The van der Waals surface area contributed by atoms with E-state index in [1.54, 1.807) is 18.2 Å². The number of hydrogen-bond donors (Lipinski definition) is 0. The quantitative estimate of drug-likeness (QED) is 0.830. The van der Waals surface area contributed by atoms with E-state index in [9.17, 15) is 13.2 Å². The summed E-state index contributed by atoms with van der Waals surface area (Å²) < 4.78 is 45.5. The molecule has 0 saturated heterocycles. The van der Waals surface area contributed by atoms with Crippen LogP contribution in [0.3, 0.4) is 0 Å². The van der Waals surface area contributed by atoms with Gasteiger partial charge in [-0.25, -0.2) is 4.98 Å². The molecule has 2 aromatic rings. The monoisotopic (exact) mass is 296 g/mol. The lowest BCUT2D eigenvalue weighted by Gasteiger charge is -2.37. The molecule has 0 bridgehead atoms. The molecule has 0 atom stereocenters. The average Bonchev–Trinajstić information content (AvgIpc) is 2.47. The Kier molecular flexibility index (Phi) is 3.47. The first-order valence-electron chi connectivity index (χ1n) is 6.98. The van der Waals surface area contributed by atoms with Gasteiger partial charge >= 0.3 is 12.2 Å². The molecule has 0 N–H and O–H groups in total. The minimum absolute atomic E-state index is 0.0350. The maximum absolute atomic E-state index is 13.4. The summed E-state index contributed by atoms with van der Waals surface area (Å²) in [5.74, 6) is 0. The second-order valence-corrected chi connectivity index (χ2v) is 5.37.